The fourth-order valence-corrected chi connectivity index (χ4v) is 4.05. The number of nitrogens with one attached hydrogen (secondary N) is 1. The Labute approximate surface area is 154 Å². The predicted octanol–water partition coefficient (Wildman–Crippen LogP) is 4.54. The van der Waals surface area contributed by atoms with Crippen LogP contribution in [0.3, 0.4) is 0 Å². The average Bonchev–Trinajstić information content (AvgIpc) is 2.97. The Morgan fingerprint density at radius 1 is 1.19 bits per heavy atom. The molecule has 0 aromatic heterocycles. The summed E-state index contributed by atoms with van der Waals surface area (Å²) in [7, 11) is 1.89. The number of hydrogen-bond donors (Lipinski definition) is 1. The molecule has 1 N–H and O–H groups in total. The topological polar surface area (TPSA) is 48.7 Å². The van der Waals surface area contributed by atoms with Crippen LogP contribution in [-0.2, 0) is 6.42 Å². The van der Waals surface area contributed by atoms with Crippen LogP contribution in [-0.4, -0.2) is 30.3 Å². The number of nitrogens with zero attached hydrogens (tertiary/aromatic N) is 2. The minimum absolute atomic E-state index is 0.0181. The first kappa shape index (κ1) is 17.6. The highest BCUT2D eigenvalue weighted by Gasteiger charge is 2.40. The van der Waals surface area contributed by atoms with Gasteiger partial charge in [-0.1, -0.05) is 24.3 Å². The lowest BCUT2D eigenvalue weighted by molar-refractivity contribution is -0.274. The summed E-state index contributed by atoms with van der Waals surface area (Å²) >= 11 is 0. The van der Waals surface area contributed by atoms with Crippen LogP contribution in [0.5, 0.6) is 5.75 Å². The number of rotatable bonds is 3. The molecule has 4 rings (SSSR count). The summed E-state index contributed by atoms with van der Waals surface area (Å²) in [5.41, 5.74) is 5.08. The standard InChI is InChI=1S/C20H18F3N3O/c1-26-19(13-3-6-15(7-4-13)27-20(21,22)23)17-9-5-14-10-12(11-24)2-8-16(14)18(17)25-26/h2-4,6-8,10-11,17,19,24H,5,9H2,1H3. The molecule has 2 aliphatic rings. The smallest absolute Gasteiger partial charge is 0.406 e. The van der Waals surface area contributed by atoms with E-state index < -0.39 is 6.36 Å². The third-order valence-corrected chi connectivity index (χ3v) is 5.15. The van der Waals surface area contributed by atoms with E-state index in [0.717, 1.165) is 35.2 Å². The molecule has 1 heterocycles. The van der Waals surface area contributed by atoms with E-state index in [2.05, 4.69) is 4.74 Å². The van der Waals surface area contributed by atoms with Crippen molar-refractivity contribution in [2.24, 2.45) is 11.0 Å². The largest absolute Gasteiger partial charge is 0.573 e. The van der Waals surface area contributed by atoms with Gasteiger partial charge in [-0.05, 0) is 47.7 Å². The highest BCUT2D eigenvalue weighted by Crippen LogP contribution is 2.43. The van der Waals surface area contributed by atoms with Gasteiger partial charge in [0, 0.05) is 24.7 Å². The van der Waals surface area contributed by atoms with Crippen molar-refractivity contribution in [2.75, 3.05) is 7.05 Å². The molecule has 2 unspecified atom stereocenters. The van der Waals surface area contributed by atoms with Gasteiger partial charge in [0.25, 0.3) is 0 Å². The van der Waals surface area contributed by atoms with Gasteiger partial charge in [-0.3, -0.25) is 5.01 Å². The van der Waals surface area contributed by atoms with Gasteiger partial charge < -0.3 is 10.1 Å². The highest BCUT2D eigenvalue weighted by atomic mass is 19.4. The Balaban J connectivity index is 1.61. The van der Waals surface area contributed by atoms with Crippen LogP contribution in [0.25, 0.3) is 0 Å². The van der Waals surface area contributed by atoms with Gasteiger partial charge in [0.05, 0.1) is 11.8 Å². The highest BCUT2D eigenvalue weighted by molar-refractivity contribution is 6.06. The van der Waals surface area contributed by atoms with E-state index in [1.165, 1.54) is 23.9 Å². The normalized spacial score (nSPS) is 21.3. The maximum Gasteiger partial charge on any atom is 0.573 e. The molecule has 0 saturated heterocycles. The molecule has 4 nitrogen and oxygen atoms in total. The van der Waals surface area contributed by atoms with Crippen molar-refractivity contribution in [1.82, 2.24) is 5.01 Å². The molecule has 140 valence electrons. The molecule has 0 fully saturated rings. The molecular weight excluding hydrogens is 355 g/mol. The molecule has 27 heavy (non-hydrogen) atoms. The van der Waals surface area contributed by atoms with Gasteiger partial charge in [0.2, 0.25) is 0 Å². The molecule has 0 saturated carbocycles. The molecular formula is C20H18F3N3O. The van der Waals surface area contributed by atoms with Crippen molar-refractivity contribution in [3.8, 4) is 5.75 Å². The van der Waals surface area contributed by atoms with E-state index in [9.17, 15) is 13.2 Å². The third-order valence-electron chi connectivity index (χ3n) is 5.15. The first-order valence-corrected chi connectivity index (χ1v) is 8.66. The second-order valence-electron chi connectivity index (χ2n) is 6.83. The second kappa shape index (κ2) is 6.40. The number of halogens is 3. The summed E-state index contributed by atoms with van der Waals surface area (Å²) in [6.45, 7) is 0. The van der Waals surface area contributed by atoms with E-state index in [4.69, 9.17) is 10.5 Å². The second-order valence-corrected chi connectivity index (χ2v) is 6.83. The maximum absolute atomic E-state index is 12.4. The molecule has 0 bridgehead atoms. The Morgan fingerprint density at radius 2 is 1.93 bits per heavy atom. The van der Waals surface area contributed by atoms with Gasteiger partial charge in [0.15, 0.2) is 0 Å². The van der Waals surface area contributed by atoms with Crippen molar-refractivity contribution >= 4 is 11.9 Å². The van der Waals surface area contributed by atoms with E-state index in [1.54, 1.807) is 12.1 Å². The van der Waals surface area contributed by atoms with Crippen LogP contribution in [0.15, 0.2) is 47.6 Å². The van der Waals surface area contributed by atoms with Gasteiger partial charge in [-0.15, -0.1) is 13.2 Å². The minimum atomic E-state index is -4.69. The molecule has 2 aromatic carbocycles. The lowest BCUT2D eigenvalue weighted by atomic mass is 9.77. The van der Waals surface area contributed by atoms with Crippen LogP contribution in [0.4, 0.5) is 13.2 Å². The Morgan fingerprint density at radius 3 is 2.59 bits per heavy atom. The fraction of sp³-hybridized carbons (Fsp3) is 0.300. The minimum Gasteiger partial charge on any atom is -0.406 e. The van der Waals surface area contributed by atoms with Gasteiger partial charge in [-0.2, -0.15) is 5.10 Å². The van der Waals surface area contributed by atoms with Crippen LogP contribution in [0, 0.1) is 11.3 Å². The Bertz CT molecular complexity index is 906. The first-order chi connectivity index (χ1) is 12.9. The number of hydrazone groups is 1. The number of aryl methyl sites for hydroxylation is 1. The van der Waals surface area contributed by atoms with E-state index in [1.807, 2.05) is 30.3 Å². The molecule has 1 aliphatic heterocycles. The summed E-state index contributed by atoms with van der Waals surface area (Å²) in [6.07, 6.45) is -1.56. The number of fused-ring (bicyclic) bond motifs is 3. The Hall–Kier alpha value is -2.83. The van der Waals surface area contributed by atoms with E-state index in [-0.39, 0.29) is 17.7 Å². The van der Waals surface area contributed by atoms with Gasteiger partial charge >= 0.3 is 6.36 Å². The van der Waals surface area contributed by atoms with Crippen LogP contribution >= 0.6 is 0 Å². The van der Waals surface area contributed by atoms with Crippen LogP contribution in [0.2, 0.25) is 0 Å². The zero-order valence-electron chi connectivity index (χ0n) is 14.6. The van der Waals surface area contributed by atoms with Crippen molar-refractivity contribution < 1.29 is 17.9 Å². The predicted molar refractivity (Wildman–Crippen MR) is 96.3 cm³/mol. The summed E-state index contributed by atoms with van der Waals surface area (Å²) in [4.78, 5) is 0. The van der Waals surface area contributed by atoms with Gasteiger partial charge in [0.1, 0.15) is 5.75 Å². The Kier molecular flexibility index (Phi) is 4.17. The number of alkyl halides is 3. The molecule has 7 heteroatoms. The fourth-order valence-electron chi connectivity index (χ4n) is 4.05. The van der Waals surface area contributed by atoms with E-state index >= 15 is 0 Å². The molecule has 0 spiro atoms. The summed E-state index contributed by atoms with van der Waals surface area (Å²) in [6, 6.07) is 12.0. The quantitative estimate of drug-likeness (QED) is 0.804. The molecule has 0 amide bonds. The zero-order chi connectivity index (χ0) is 19.2. The third kappa shape index (κ3) is 3.29. The van der Waals surface area contributed by atoms with Crippen molar-refractivity contribution in [2.45, 2.75) is 25.2 Å². The molecule has 2 aromatic rings. The van der Waals surface area contributed by atoms with Crippen molar-refractivity contribution in [1.29, 1.82) is 5.41 Å². The summed E-state index contributed by atoms with van der Waals surface area (Å²) < 4.78 is 41.0. The molecule has 1 aliphatic carbocycles. The number of benzene rings is 2. The van der Waals surface area contributed by atoms with Crippen LogP contribution in [0.1, 0.15) is 34.7 Å². The number of hydrogen-bond acceptors (Lipinski definition) is 4. The zero-order valence-corrected chi connectivity index (χ0v) is 14.6. The SMILES string of the molecule is CN1N=C2c3ccc(C=N)cc3CCC2C1c1ccc(OC(F)(F)F)cc1. The average molecular weight is 373 g/mol. The van der Waals surface area contributed by atoms with Crippen molar-refractivity contribution in [3.63, 3.8) is 0 Å². The maximum atomic E-state index is 12.4. The van der Waals surface area contributed by atoms with Crippen molar-refractivity contribution in [3.05, 3.63) is 64.7 Å². The van der Waals surface area contributed by atoms with Gasteiger partial charge in [-0.25, -0.2) is 0 Å². The van der Waals surface area contributed by atoms with E-state index in [0.29, 0.717) is 0 Å². The first-order valence-electron chi connectivity index (χ1n) is 8.66. The van der Waals surface area contributed by atoms with Crippen LogP contribution < -0.4 is 4.74 Å². The monoisotopic (exact) mass is 373 g/mol. The summed E-state index contributed by atoms with van der Waals surface area (Å²) in [5, 5.41) is 14.0. The lowest BCUT2D eigenvalue weighted by Gasteiger charge is -2.29. The number of ether oxygens (including phenoxy) is 1. The summed E-state index contributed by atoms with van der Waals surface area (Å²) in [5.74, 6) is -0.0380. The lowest BCUT2D eigenvalue weighted by Crippen LogP contribution is -2.27. The molecule has 2 atom stereocenters. The molecule has 0 radical (unpaired) electrons.